The van der Waals surface area contributed by atoms with Crippen molar-refractivity contribution < 1.29 is 4.79 Å². The van der Waals surface area contributed by atoms with Crippen molar-refractivity contribution in [2.75, 3.05) is 6.54 Å². The van der Waals surface area contributed by atoms with Crippen LogP contribution in [0.3, 0.4) is 0 Å². The van der Waals surface area contributed by atoms with Crippen molar-refractivity contribution in [2.24, 2.45) is 5.92 Å². The molecule has 0 fully saturated rings. The number of nitrogens with one attached hydrogen (secondary N) is 2. The predicted molar refractivity (Wildman–Crippen MR) is 74.6 cm³/mol. The zero-order valence-corrected chi connectivity index (χ0v) is 12.5. The molecule has 1 heterocycles. The third kappa shape index (κ3) is 5.38. The quantitative estimate of drug-likeness (QED) is 0.776. The molecule has 19 heavy (non-hydrogen) atoms. The maximum Gasteiger partial charge on any atom is 0.244 e. The molecule has 1 atom stereocenters. The zero-order chi connectivity index (χ0) is 14.4. The van der Waals surface area contributed by atoms with Crippen LogP contribution in [0.4, 0.5) is 0 Å². The van der Waals surface area contributed by atoms with Crippen molar-refractivity contribution in [3.05, 3.63) is 11.9 Å². The molecule has 0 aliphatic heterocycles. The summed E-state index contributed by atoms with van der Waals surface area (Å²) in [5.74, 6) is 0.562. The summed E-state index contributed by atoms with van der Waals surface area (Å²) in [6.45, 7) is 11.6. The largest absolute Gasteiger partial charge is 0.352 e. The Morgan fingerprint density at radius 1 is 1.32 bits per heavy atom. The van der Waals surface area contributed by atoms with Gasteiger partial charge in [-0.15, -0.1) is 5.10 Å². The summed E-state index contributed by atoms with van der Waals surface area (Å²) in [6, 6.07) is -0.209. The Labute approximate surface area is 115 Å². The van der Waals surface area contributed by atoms with Gasteiger partial charge in [0.05, 0.1) is 11.9 Å². The van der Waals surface area contributed by atoms with E-state index in [1.165, 1.54) is 0 Å². The lowest BCUT2D eigenvalue weighted by atomic mass is 10.2. The number of carbonyl (C=O) groups is 1. The van der Waals surface area contributed by atoms with Crippen molar-refractivity contribution in [2.45, 2.75) is 53.2 Å². The van der Waals surface area contributed by atoms with Crippen LogP contribution in [0.5, 0.6) is 0 Å². The lowest BCUT2D eigenvalue weighted by molar-refractivity contribution is -0.124. The number of amides is 1. The van der Waals surface area contributed by atoms with Crippen molar-refractivity contribution in [3.8, 4) is 0 Å². The molecule has 6 nitrogen and oxygen atoms in total. The molecule has 1 aromatic rings. The van der Waals surface area contributed by atoms with Crippen LogP contribution in [-0.4, -0.2) is 33.5 Å². The van der Waals surface area contributed by atoms with Crippen LogP contribution < -0.4 is 10.6 Å². The molecule has 0 radical (unpaired) electrons. The van der Waals surface area contributed by atoms with Crippen LogP contribution in [0.1, 0.15) is 46.4 Å². The molecule has 6 heteroatoms. The first-order chi connectivity index (χ1) is 8.90. The SMILES string of the molecule is CC(C)CNCc1cn(C(C)C(=O)NC(C)C)nn1. The number of hydrogen-bond donors (Lipinski definition) is 2. The first-order valence-corrected chi connectivity index (χ1v) is 6.82. The van der Waals surface area contributed by atoms with Crippen molar-refractivity contribution in [1.29, 1.82) is 0 Å². The number of hydrogen-bond acceptors (Lipinski definition) is 4. The van der Waals surface area contributed by atoms with Gasteiger partial charge < -0.3 is 10.6 Å². The fraction of sp³-hybridized carbons (Fsp3) is 0.769. The van der Waals surface area contributed by atoms with Crippen molar-refractivity contribution >= 4 is 5.91 Å². The fourth-order valence-electron chi connectivity index (χ4n) is 1.60. The number of nitrogens with zero attached hydrogens (tertiary/aromatic N) is 3. The van der Waals surface area contributed by atoms with E-state index in [1.807, 2.05) is 27.0 Å². The molecule has 0 aliphatic carbocycles. The van der Waals surface area contributed by atoms with Gasteiger partial charge in [-0.3, -0.25) is 4.79 Å². The smallest absolute Gasteiger partial charge is 0.244 e. The van der Waals surface area contributed by atoms with Gasteiger partial charge in [-0.05, 0) is 33.2 Å². The molecule has 1 aromatic heterocycles. The number of aromatic nitrogens is 3. The van der Waals surface area contributed by atoms with E-state index >= 15 is 0 Å². The highest BCUT2D eigenvalue weighted by atomic mass is 16.2. The van der Waals surface area contributed by atoms with E-state index < -0.39 is 0 Å². The monoisotopic (exact) mass is 267 g/mol. The summed E-state index contributed by atoms with van der Waals surface area (Å²) >= 11 is 0. The van der Waals surface area contributed by atoms with Gasteiger partial charge >= 0.3 is 0 Å². The molecule has 2 N–H and O–H groups in total. The lowest BCUT2D eigenvalue weighted by Crippen LogP contribution is -2.35. The molecule has 0 saturated carbocycles. The average molecular weight is 267 g/mol. The van der Waals surface area contributed by atoms with Crippen LogP contribution in [0.15, 0.2) is 6.20 Å². The zero-order valence-electron chi connectivity index (χ0n) is 12.5. The molecule has 0 bridgehead atoms. The molecule has 0 saturated heterocycles. The Kier molecular flexibility index (Phi) is 5.95. The summed E-state index contributed by atoms with van der Waals surface area (Å²) in [5, 5.41) is 14.2. The van der Waals surface area contributed by atoms with E-state index in [-0.39, 0.29) is 18.0 Å². The second-order valence-corrected chi connectivity index (χ2v) is 5.55. The van der Waals surface area contributed by atoms with Crippen LogP contribution in [0.25, 0.3) is 0 Å². The molecule has 108 valence electrons. The average Bonchev–Trinajstić information content (AvgIpc) is 2.75. The molecule has 0 aliphatic rings. The molecule has 0 aromatic carbocycles. The maximum absolute atomic E-state index is 11.9. The Morgan fingerprint density at radius 3 is 2.58 bits per heavy atom. The third-order valence-corrected chi connectivity index (χ3v) is 2.62. The molecular formula is C13H25N5O. The first-order valence-electron chi connectivity index (χ1n) is 6.82. The third-order valence-electron chi connectivity index (χ3n) is 2.62. The highest BCUT2D eigenvalue weighted by Gasteiger charge is 2.17. The highest BCUT2D eigenvalue weighted by Crippen LogP contribution is 2.05. The molecule has 1 unspecified atom stereocenters. The summed E-state index contributed by atoms with van der Waals surface area (Å²) < 4.78 is 1.60. The Balaban J connectivity index is 2.51. The molecule has 1 rings (SSSR count). The van der Waals surface area contributed by atoms with Crippen LogP contribution >= 0.6 is 0 Å². The van der Waals surface area contributed by atoms with E-state index in [4.69, 9.17) is 0 Å². The highest BCUT2D eigenvalue weighted by molar-refractivity contribution is 5.79. The predicted octanol–water partition coefficient (Wildman–Crippen LogP) is 1.11. The second kappa shape index (κ2) is 7.23. The van der Waals surface area contributed by atoms with E-state index in [0.717, 1.165) is 12.2 Å². The van der Waals surface area contributed by atoms with Crippen LogP contribution in [0, 0.1) is 5.92 Å². The first kappa shape index (κ1) is 15.6. The van der Waals surface area contributed by atoms with Crippen molar-refractivity contribution in [1.82, 2.24) is 25.6 Å². The van der Waals surface area contributed by atoms with E-state index in [2.05, 4.69) is 34.8 Å². The van der Waals surface area contributed by atoms with Gasteiger partial charge in [0.25, 0.3) is 0 Å². The molecule has 1 amide bonds. The maximum atomic E-state index is 11.9. The van der Waals surface area contributed by atoms with Gasteiger partial charge in [0.2, 0.25) is 5.91 Å². The van der Waals surface area contributed by atoms with Crippen molar-refractivity contribution in [3.63, 3.8) is 0 Å². The van der Waals surface area contributed by atoms with Gasteiger partial charge in [-0.2, -0.15) is 0 Å². The molecular weight excluding hydrogens is 242 g/mol. The summed E-state index contributed by atoms with van der Waals surface area (Å²) in [7, 11) is 0. The minimum atomic E-state index is -0.339. The van der Waals surface area contributed by atoms with Gasteiger partial charge in [0.15, 0.2) is 0 Å². The Hall–Kier alpha value is -1.43. The Morgan fingerprint density at radius 2 is 2.00 bits per heavy atom. The second-order valence-electron chi connectivity index (χ2n) is 5.55. The standard InChI is InChI=1S/C13H25N5O/c1-9(2)6-14-7-12-8-18(17-16-12)11(5)13(19)15-10(3)4/h8-11,14H,6-7H2,1-5H3,(H,15,19). The minimum Gasteiger partial charge on any atom is -0.352 e. The normalized spacial score (nSPS) is 13.0. The van der Waals surface area contributed by atoms with Gasteiger partial charge in [-0.1, -0.05) is 19.1 Å². The molecule has 0 spiro atoms. The number of rotatable bonds is 7. The van der Waals surface area contributed by atoms with E-state index in [1.54, 1.807) is 4.68 Å². The minimum absolute atomic E-state index is 0.0402. The Bertz CT molecular complexity index is 399. The summed E-state index contributed by atoms with van der Waals surface area (Å²) in [4.78, 5) is 11.9. The van der Waals surface area contributed by atoms with Gasteiger partial charge in [-0.25, -0.2) is 4.68 Å². The summed E-state index contributed by atoms with van der Waals surface area (Å²) in [6.07, 6.45) is 1.82. The summed E-state index contributed by atoms with van der Waals surface area (Å²) in [5.41, 5.74) is 0.852. The fourth-order valence-corrected chi connectivity index (χ4v) is 1.60. The number of carbonyl (C=O) groups excluding carboxylic acids is 1. The van der Waals surface area contributed by atoms with Gasteiger partial charge in [0, 0.05) is 12.6 Å². The van der Waals surface area contributed by atoms with Crippen LogP contribution in [-0.2, 0) is 11.3 Å². The lowest BCUT2D eigenvalue weighted by Gasteiger charge is -2.14. The van der Waals surface area contributed by atoms with Crippen LogP contribution in [0.2, 0.25) is 0 Å². The topological polar surface area (TPSA) is 71.8 Å². The van der Waals surface area contributed by atoms with E-state index in [0.29, 0.717) is 12.5 Å². The van der Waals surface area contributed by atoms with Gasteiger partial charge in [0.1, 0.15) is 6.04 Å². The van der Waals surface area contributed by atoms with E-state index in [9.17, 15) is 4.79 Å².